The maximum atomic E-state index is 13.1. The monoisotopic (exact) mass is 450 g/mol. The standard InChI is InChI=1S/C27H34N2O4/c1-6-19-7-9-20(10-8-19)24-23(26(31)27(32)29(24)16-15-28(4)5)25(30)21-11-13-22(14-12-21)33-17-18(2)3/h7-14,18,24,30H,6,15-17H2,1-5H3/b25-23+/t24-/m0/s1. The molecule has 1 fully saturated rings. The number of carbonyl (C=O) groups is 2. The normalized spacial score (nSPS) is 17.9. The zero-order chi connectivity index (χ0) is 24.1. The second kappa shape index (κ2) is 10.7. The number of aliphatic hydroxyl groups excluding tert-OH is 1. The Morgan fingerprint density at radius 1 is 1.06 bits per heavy atom. The third kappa shape index (κ3) is 5.63. The van der Waals surface area contributed by atoms with Crippen LogP contribution in [0.25, 0.3) is 5.76 Å². The largest absolute Gasteiger partial charge is 0.507 e. The Balaban J connectivity index is 2.02. The molecule has 1 N–H and O–H groups in total. The van der Waals surface area contributed by atoms with Gasteiger partial charge in [0, 0.05) is 18.7 Å². The quantitative estimate of drug-likeness (QED) is 0.351. The Kier molecular flexibility index (Phi) is 7.92. The van der Waals surface area contributed by atoms with Crippen LogP contribution in [0.1, 0.15) is 43.5 Å². The number of benzene rings is 2. The Morgan fingerprint density at radius 2 is 1.70 bits per heavy atom. The SMILES string of the molecule is CCc1ccc([C@H]2/C(=C(\O)c3ccc(OCC(C)C)cc3)C(=O)C(=O)N2CCN(C)C)cc1. The van der Waals surface area contributed by atoms with Crippen molar-refractivity contribution in [2.75, 3.05) is 33.8 Å². The number of nitrogens with zero attached hydrogens (tertiary/aromatic N) is 2. The van der Waals surface area contributed by atoms with Crippen molar-refractivity contribution in [1.82, 2.24) is 9.80 Å². The molecule has 1 aliphatic heterocycles. The number of rotatable bonds is 9. The van der Waals surface area contributed by atoms with Crippen molar-refractivity contribution < 1.29 is 19.4 Å². The van der Waals surface area contributed by atoms with Crippen molar-refractivity contribution in [3.05, 3.63) is 70.8 Å². The number of ketones is 1. The van der Waals surface area contributed by atoms with Crippen molar-refractivity contribution in [3.8, 4) is 5.75 Å². The minimum atomic E-state index is -0.657. The van der Waals surface area contributed by atoms with Crippen LogP contribution in [-0.4, -0.2) is 60.4 Å². The summed E-state index contributed by atoms with van der Waals surface area (Å²) in [6, 6.07) is 14.2. The van der Waals surface area contributed by atoms with Gasteiger partial charge in [-0.3, -0.25) is 9.59 Å². The molecule has 1 aliphatic rings. The zero-order valence-electron chi connectivity index (χ0n) is 20.2. The van der Waals surface area contributed by atoms with Gasteiger partial charge in [-0.15, -0.1) is 0 Å². The number of likely N-dealkylation sites (N-methyl/N-ethyl adjacent to an activating group) is 1. The van der Waals surface area contributed by atoms with Crippen LogP contribution in [0.5, 0.6) is 5.75 Å². The molecular weight excluding hydrogens is 416 g/mol. The highest BCUT2D eigenvalue weighted by Crippen LogP contribution is 2.39. The van der Waals surface area contributed by atoms with Gasteiger partial charge in [0.25, 0.3) is 11.7 Å². The predicted molar refractivity (Wildman–Crippen MR) is 130 cm³/mol. The molecule has 0 aliphatic carbocycles. The van der Waals surface area contributed by atoms with Crippen LogP contribution in [0.4, 0.5) is 0 Å². The van der Waals surface area contributed by atoms with Crippen LogP contribution >= 0.6 is 0 Å². The molecule has 2 aromatic rings. The van der Waals surface area contributed by atoms with Crippen molar-refractivity contribution in [1.29, 1.82) is 0 Å². The lowest BCUT2D eigenvalue weighted by molar-refractivity contribution is -0.140. The van der Waals surface area contributed by atoms with Crippen molar-refractivity contribution in [2.45, 2.75) is 33.2 Å². The summed E-state index contributed by atoms with van der Waals surface area (Å²) in [5, 5.41) is 11.2. The van der Waals surface area contributed by atoms with E-state index in [0.717, 1.165) is 12.0 Å². The van der Waals surface area contributed by atoms with Gasteiger partial charge in [0.2, 0.25) is 0 Å². The van der Waals surface area contributed by atoms with Gasteiger partial charge in [0.1, 0.15) is 11.5 Å². The lowest BCUT2D eigenvalue weighted by Gasteiger charge is -2.26. The van der Waals surface area contributed by atoms with Crippen LogP contribution in [0.3, 0.4) is 0 Å². The van der Waals surface area contributed by atoms with E-state index in [0.29, 0.717) is 36.9 Å². The summed E-state index contributed by atoms with van der Waals surface area (Å²) in [6.45, 7) is 7.81. The fraction of sp³-hybridized carbons (Fsp3) is 0.407. The van der Waals surface area contributed by atoms with Crippen LogP contribution in [0.15, 0.2) is 54.1 Å². The average Bonchev–Trinajstić information content (AvgIpc) is 3.06. The second-order valence-electron chi connectivity index (χ2n) is 9.12. The van der Waals surface area contributed by atoms with Gasteiger partial charge in [0.15, 0.2) is 0 Å². The van der Waals surface area contributed by atoms with Gasteiger partial charge >= 0.3 is 0 Å². The predicted octanol–water partition coefficient (Wildman–Crippen LogP) is 4.27. The van der Waals surface area contributed by atoms with E-state index in [2.05, 4.69) is 20.8 Å². The molecule has 0 unspecified atom stereocenters. The molecule has 1 saturated heterocycles. The first-order valence-electron chi connectivity index (χ1n) is 11.5. The van der Waals surface area contributed by atoms with Crippen molar-refractivity contribution >= 4 is 17.4 Å². The molecule has 0 radical (unpaired) electrons. The lowest BCUT2D eigenvalue weighted by Crippen LogP contribution is -2.35. The zero-order valence-corrected chi connectivity index (χ0v) is 20.2. The highest BCUT2D eigenvalue weighted by molar-refractivity contribution is 6.46. The molecule has 176 valence electrons. The van der Waals surface area contributed by atoms with E-state index in [4.69, 9.17) is 4.74 Å². The number of likely N-dealkylation sites (tertiary alicyclic amines) is 1. The molecule has 0 saturated carbocycles. The Hall–Kier alpha value is -3.12. The molecule has 0 aromatic heterocycles. The van der Waals surface area contributed by atoms with E-state index >= 15 is 0 Å². The fourth-order valence-corrected chi connectivity index (χ4v) is 3.83. The highest BCUT2D eigenvalue weighted by atomic mass is 16.5. The highest BCUT2D eigenvalue weighted by Gasteiger charge is 2.45. The molecule has 1 amide bonds. The topological polar surface area (TPSA) is 70.1 Å². The molecule has 33 heavy (non-hydrogen) atoms. The molecule has 3 rings (SSSR count). The molecule has 6 nitrogen and oxygen atoms in total. The Labute approximate surface area is 196 Å². The summed E-state index contributed by atoms with van der Waals surface area (Å²) in [6.07, 6.45) is 0.895. The molecule has 0 bridgehead atoms. The third-order valence-electron chi connectivity index (χ3n) is 5.74. The Bertz CT molecular complexity index is 1010. The number of hydrogen-bond acceptors (Lipinski definition) is 5. The molecule has 1 heterocycles. The molecule has 0 spiro atoms. The number of ether oxygens (including phenoxy) is 1. The number of amides is 1. The smallest absolute Gasteiger partial charge is 0.295 e. The van der Waals surface area contributed by atoms with E-state index in [1.165, 1.54) is 5.56 Å². The van der Waals surface area contributed by atoms with E-state index in [9.17, 15) is 14.7 Å². The van der Waals surface area contributed by atoms with Gasteiger partial charge in [0.05, 0.1) is 18.2 Å². The van der Waals surface area contributed by atoms with E-state index in [1.807, 2.05) is 43.3 Å². The first-order valence-corrected chi connectivity index (χ1v) is 11.5. The lowest BCUT2D eigenvalue weighted by atomic mass is 9.94. The van der Waals surface area contributed by atoms with Crippen molar-refractivity contribution in [2.24, 2.45) is 5.92 Å². The van der Waals surface area contributed by atoms with Gasteiger partial charge in [-0.25, -0.2) is 0 Å². The van der Waals surface area contributed by atoms with Gasteiger partial charge in [-0.05, 0) is 61.8 Å². The summed E-state index contributed by atoms with van der Waals surface area (Å²) in [7, 11) is 3.84. The number of aliphatic hydroxyl groups is 1. The summed E-state index contributed by atoms with van der Waals surface area (Å²) in [4.78, 5) is 29.6. The van der Waals surface area contributed by atoms with E-state index < -0.39 is 17.7 Å². The van der Waals surface area contributed by atoms with E-state index in [1.54, 1.807) is 29.2 Å². The molecule has 1 atom stereocenters. The summed E-state index contributed by atoms with van der Waals surface area (Å²) in [5.74, 6) is -0.315. The maximum Gasteiger partial charge on any atom is 0.295 e. The van der Waals surface area contributed by atoms with Crippen LogP contribution < -0.4 is 4.74 Å². The fourth-order valence-electron chi connectivity index (χ4n) is 3.83. The number of aryl methyl sites for hydroxylation is 1. The maximum absolute atomic E-state index is 13.1. The van der Waals surface area contributed by atoms with Crippen LogP contribution in [-0.2, 0) is 16.0 Å². The van der Waals surface area contributed by atoms with Crippen molar-refractivity contribution in [3.63, 3.8) is 0 Å². The minimum Gasteiger partial charge on any atom is -0.507 e. The summed E-state index contributed by atoms with van der Waals surface area (Å²) in [5.41, 5.74) is 2.58. The first kappa shape index (κ1) is 24.5. The van der Waals surface area contributed by atoms with Crippen LogP contribution in [0, 0.1) is 5.92 Å². The summed E-state index contributed by atoms with van der Waals surface area (Å²) >= 11 is 0. The average molecular weight is 451 g/mol. The summed E-state index contributed by atoms with van der Waals surface area (Å²) < 4.78 is 5.72. The Morgan fingerprint density at radius 3 is 2.24 bits per heavy atom. The number of hydrogen-bond donors (Lipinski definition) is 1. The molecule has 2 aromatic carbocycles. The molecule has 6 heteroatoms. The first-order chi connectivity index (χ1) is 15.7. The second-order valence-corrected chi connectivity index (χ2v) is 9.12. The van der Waals surface area contributed by atoms with Gasteiger partial charge < -0.3 is 19.6 Å². The van der Waals surface area contributed by atoms with Crippen LogP contribution in [0.2, 0.25) is 0 Å². The number of carbonyl (C=O) groups excluding carboxylic acids is 2. The van der Waals surface area contributed by atoms with Gasteiger partial charge in [-0.2, -0.15) is 0 Å². The third-order valence-corrected chi connectivity index (χ3v) is 5.74. The van der Waals surface area contributed by atoms with Gasteiger partial charge in [-0.1, -0.05) is 45.0 Å². The molecular formula is C27H34N2O4. The number of Topliss-reactive ketones (excluding diaryl/α,β-unsaturated/α-hetero) is 1. The minimum absolute atomic E-state index is 0.124. The van der Waals surface area contributed by atoms with E-state index in [-0.39, 0.29) is 11.3 Å².